The van der Waals surface area contributed by atoms with Crippen LogP contribution < -0.4 is 0 Å². The smallest absolute Gasteiger partial charge is 0.331 e. The van der Waals surface area contributed by atoms with Crippen LogP contribution in [0.4, 0.5) is 0 Å². The molecule has 0 fully saturated rings. The highest BCUT2D eigenvalue weighted by Crippen LogP contribution is 2.20. The van der Waals surface area contributed by atoms with Crippen molar-refractivity contribution in [3.05, 3.63) is 60.4 Å². The summed E-state index contributed by atoms with van der Waals surface area (Å²) >= 11 is 0. The maximum atomic E-state index is 11.4. The number of hydrogen-bond acceptors (Lipinski definition) is 6. The third-order valence-electron chi connectivity index (χ3n) is 4.61. The number of carbonyl (C=O) groups is 1. The molecule has 0 spiro atoms. The summed E-state index contributed by atoms with van der Waals surface area (Å²) in [6.45, 7) is 4.00. The molecule has 6 nitrogen and oxygen atoms in total. The van der Waals surface area contributed by atoms with E-state index in [0.717, 1.165) is 6.42 Å². The second-order valence-electron chi connectivity index (χ2n) is 6.77. The van der Waals surface area contributed by atoms with Gasteiger partial charge in [0.25, 0.3) is 0 Å². The van der Waals surface area contributed by atoms with Gasteiger partial charge in [0.05, 0.1) is 13.2 Å². The molecule has 0 radical (unpaired) electrons. The van der Waals surface area contributed by atoms with Crippen LogP contribution in [-0.2, 0) is 23.7 Å². The Kier molecular flexibility index (Phi) is 12.0. The number of allylic oxidation sites excluding steroid dienone is 5. The Hall–Kier alpha value is -2.15. The van der Waals surface area contributed by atoms with Gasteiger partial charge in [0.15, 0.2) is 6.10 Å². The lowest BCUT2D eigenvalue weighted by Crippen LogP contribution is -2.32. The molecule has 162 valence electrons. The minimum atomic E-state index is -0.723. The zero-order chi connectivity index (χ0) is 21.6. The van der Waals surface area contributed by atoms with Crippen LogP contribution in [0, 0.1) is 5.92 Å². The molecule has 0 bridgehead atoms. The summed E-state index contributed by atoms with van der Waals surface area (Å²) in [5.74, 6) is 0.0705. The summed E-state index contributed by atoms with van der Waals surface area (Å²) in [4.78, 5) is 11.4. The first-order valence-electron chi connectivity index (χ1n) is 9.84. The van der Waals surface area contributed by atoms with Crippen LogP contribution >= 0.6 is 0 Å². The minimum Gasteiger partial charge on any atom is -0.498 e. The monoisotopic (exact) mass is 406 g/mol. The van der Waals surface area contributed by atoms with Gasteiger partial charge in [-0.25, -0.2) is 4.79 Å². The zero-order valence-corrected chi connectivity index (χ0v) is 18.0. The lowest BCUT2D eigenvalue weighted by Gasteiger charge is -2.23. The van der Waals surface area contributed by atoms with Gasteiger partial charge < -0.3 is 24.1 Å². The summed E-state index contributed by atoms with van der Waals surface area (Å²) in [5, 5.41) is 10.6. The van der Waals surface area contributed by atoms with Crippen molar-refractivity contribution in [1.82, 2.24) is 0 Å². The average molecular weight is 407 g/mol. The molecule has 5 atom stereocenters. The Morgan fingerprint density at radius 2 is 2.03 bits per heavy atom. The number of ether oxygens (including phenoxy) is 4. The maximum Gasteiger partial charge on any atom is 0.331 e. The molecule has 1 N–H and O–H groups in total. The fraction of sp³-hybridized carbons (Fsp3) is 0.522. The lowest BCUT2D eigenvalue weighted by atomic mass is 9.95. The normalized spacial score (nSPS) is 23.7. The van der Waals surface area contributed by atoms with Crippen molar-refractivity contribution in [3.8, 4) is 0 Å². The van der Waals surface area contributed by atoms with Gasteiger partial charge in [-0.05, 0) is 37.0 Å². The van der Waals surface area contributed by atoms with E-state index < -0.39 is 12.2 Å². The zero-order valence-electron chi connectivity index (χ0n) is 18.0. The molecule has 0 saturated carbocycles. The van der Waals surface area contributed by atoms with Crippen LogP contribution in [0.1, 0.15) is 26.7 Å². The minimum absolute atomic E-state index is 0.0721. The molecule has 0 saturated heterocycles. The highest BCUT2D eigenvalue weighted by Gasteiger charge is 2.24. The summed E-state index contributed by atoms with van der Waals surface area (Å²) in [7, 11) is 4.75. The largest absolute Gasteiger partial charge is 0.498 e. The molecule has 1 rings (SSSR count). The highest BCUT2D eigenvalue weighted by molar-refractivity contribution is 5.83. The number of aliphatic hydroxyl groups is 1. The van der Waals surface area contributed by atoms with E-state index in [1.165, 1.54) is 6.08 Å². The molecular weight excluding hydrogens is 372 g/mol. The lowest BCUT2D eigenvalue weighted by molar-refractivity contribution is -0.147. The first-order chi connectivity index (χ1) is 14.0. The van der Waals surface area contributed by atoms with Gasteiger partial charge >= 0.3 is 5.97 Å². The van der Waals surface area contributed by atoms with E-state index in [1.54, 1.807) is 45.6 Å². The molecule has 0 aliphatic carbocycles. The van der Waals surface area contributed by atoms with E-state index in [0.29, 0.717) is 12.2 Å². The van der Waals surface area contributed by atoms with Crippen LogP contribution in [0.15, 0.2) is 60.4 Å². The quantitative estimate of drug-likeness (QED) is 0.304. The van der Waals surface area contributed by atoms with Crippen LogP contribution in [0.25, 0.3) is 0 Å². The number of carbonyl (C=O) groups excluding carboxylic acids is 1. The molecule has 1 aliphatic heterocycles. The number of cyclic esters (lactones) is 1. The van der Waals surface area contributed by atoms with Crippen LogP contribution in [-0.4, -0.2) is 56.8 Å². The topological polar surface area (TPSA) is 74.2 Å². The molecular formula is C23H34O6. The summed E-state index contributed by atoms with van der Waals surface area (Å²) in [6, 6.07) is 0. The number of rotatable bonds is 12. The molecule has 0 aromatic heterocycles. The number of hydrogen-bond donors (Lipinski definition) is 1. The highest BCUT2D eigenvalue weighted by atomic mass is 16.6. The molecule has 0 aromatic rings. The Morgan fingerprint density at radius 1 is 1.28 bits per heavy atom. The van der Waals surface area contributed by atoms with Gasteiger partial charge in [-0.2, -0.15) is 0 Å². The fourth-order valence-electron chi connectivity index (χ4n) is 2.86. The van der Waals surface area contributed by atoms with Gasteiger partial charge in [0.2, 0.25) is 0 Å². The van der Waals surface area contributed by atoms with Crippen LogP contribution in [0.2, 0.25) is 0 Å². The number of methoxy groups -OCH3 is 3. The van der Waals surface area contributed by atoms with Crippen LogP contribution in [0.5, 0.6) is 0 Å². The van der Waals surface area contributed by atoms with E-state index in [2.05, 4.69) is 0 Å². The van der Waals surface area contributed by atoms with Crippen molar-refractivity contribution >= 4 is 5.97 Å². The molecule has 0 unspecified atom stereocenters. The Morgan fingerprint density at radius 3 is 2.66 bits per heavy atom. The van der Waals surface area contributed by atoms with Crippen molar-refractivity contribution in [3.63, 3.8) is 0 Å². The molecule has 0 amide bonds. The van der Waals surface area contributed by atoms with E-state index in [4.69, 9.17) is 18.9 Å². The SMILES string of the molecule is CC/C=C/C=C(\OC)[C@@H](O)[C@H](C)C[C@H](/C=C/C=C/[C@@H]1OC(=O)C=C[C@@H]1OC)OC. The maximum absolute atomic E-state index is 11.4. The summed E-state index contributed by atoms with van der Waals surface area (Å²) in [5.41, 5.74) is 0. The predicted molar refractivity (Wildman–Crippen MR) is 113 cm³/mol. The van der Waals surface area contributed by atoms with Crippen LogP contribution in [0.3, 0.4) is 0 Å². The van der Waals surface area contributed by atoms with Gasteiger partial charge in [-0.15, -0.1) is 0 Å². The molecule has 1 aliphatic rings. The number of esters is 1. The van der Waals surface area contributed by atoms with Gasteiger partial charge in [0.1, 0.15) is 18.0 Å². The van der Waals surface area contributed by atoms with Crippen molar-refractivity contribution in [2.75, 3.05) is 21.3 Å². The molecule has 1 heterocycles. The van der Waals surface area contributed by atoms with E-state index in [1.807, 2.05) is 38.2 Å². The van der Waals surface area contributed by atoms with Gasteiger partial charge in [0, 0.05) is 20.3 Å². The second-order valence-corrected chi connectivity index (χ2v) is 6.77. The first kappa shape index (κ1) is 24.9. The Bertz CT molecular complexity index is 631. The molecule has 6 heteroatoms. The van der Waals surface area contributed by atoms with E-state index in [9.17, 15) is 9.90 Å². The molecule has 29 heavy (non-hydrogen) atoms. The summed E-state index contributed by atoms with van der Waals surface area (Å²) in [6.07, 6.45) is 15.9. The Labute approximate surface area is 174 Å². The third-order valence-corrected chi connectivity index (χ3v) is 4.61. The van der Waals surface area contributed by atoms with E-state index >= 15 is 0 Å². The average Bonchev–Trinajstić information content (AvgIpc) is 2.73. The van der Waals surface area contributed by atoms with Crippen molar-refractivity contribution < 1.29 is 28.8 Å². The third kappa shape index (κ3) is 8.81. The Balaban J connectivity index is 2.65. The van der Waals surface area contributed by atoms with Crippen molar-refractivity contribution in [1.29, 1.82) is 0 Å². The second kappa shape index (κ2) is 13.9. The van der Waals surface area contributed by atoms with Crippen molar-refractivity contribution in [2.45, 2.75) is 51.1 Å². The predicted octanol–water partition coefficient (Wildman–Crippen LogP) is 3.49. The standard InChI is InChI=1S/C23H34O6/c1-6-7-8-13-21(28-5)23(25)17(2)16-18(26-3)11-9-10-12-20-19(27-4)14-15-22(24)29-20/h7-15,17-20,23,25H,6,16H2,1-5H3/b8-7+,11-9+,12-10+,21-13-/t17-,18+,19+,20+,23+/m1/s1. The summed E-state index contributed by atoms with van der Waals surface area (Å²) < 4.78 is 21.3. The first-order valence-corrected chi connectivity index (χ1v) is 9.84. The number of aliphatic hydroxyl groups excluding tert-OH is 1. The molecule has 0 aromatic carbocycles. The van der Waals surface area contributed by atoms with E-state index in [-0.39, 0.29) is 24.1 Å². The van der Waals surface area contributed by atoms with Crippen molar-refractivity contribution in [2.24, 2.45) is 5.92 Å². The fourth-order valence-corrected chi connectivity index (χ4v) is 2.86. The van der Waals surface area contributed by atoms with Gasteiger partial charge in [-0.3, -0.25) is 0 Å². The van der Waals surface area contributed by atoms with Gasteiger partial charge in [-0.1, -0.05) is 44.2 Å².